The maximum atomic E-state index is 6.34. The highest BCUT2D eigenvalue weighted by Crippen LogP contribution is 2.40. The fourth-order valence-corrected chi connectivity index (χ4v) is 3.24. The van der Waals surface area contributed by atoms with Crippen LogP contribution in [0.1, 0.15) is 43.7 Å². The van der Waals surface area contributed by atoms with E-state index in [0.29, 0.717) is 0 Å². The number of rotatable bonds is 3. The number of hydrogen-bond donors (Lipinski definition) is 1. The average Bonchev–Trinajstić information content (AvgIpc) is 2.82. The molecule has 0 aliphatic heterocycles. The minimum Gasteiger partial charge on any atom is -0.376 e. The molecule has 1 aliphatic carbocycles. The van der Waals surface area contributed by atoms with E-state index in [2.05, 4.69) is 16.8 Å². The highest BCUT2D eigenvalue weighted by molar-refractivity contribution is 7.07. The Morgan fingerprint density at radius 2 is 2.13 bits per heavy atom. The normalized spacial score (nSPS) is 22.5. The zero-order valence-corrected chi connectivity index (χ0v) is 10.1. The molecular weight excluding hydrogens is 206 g/mol. The van der Waals surface area contributed by atoms with Gasteiger partial charge in [0.05, 0.1) is 11.6 Å². The van der Waals surface area contributed by atoms with E-state index in [0.717, 1.165) is 12.8 Å². The van der Waals surface area contributed by atoms with E-state index in [1.807, 2.05) is 0 Å². The van der Waals surface area contributed by atoms with Gasteiger partial charge in [-0.3, -0.25) is 0 Å². The molecular formula is C12H19NOS. The zero-order valence-electron chi connectivity index (χ0n) is 9.24. The lowest BCUT2D eigenvalue weighted by atomic mass is 9.77. The average molecular weight is 225 g/mol. The predicted molar refractivity (Wildman–Crippen MR) is 64.1 cm³/mol. The molecule has 1 atom stereocenters. The standard InChI is InChI=1S/C12H19NOS/c1-14-12(6-3-2-4-7-12)11(13)10-5-8-15-9-10/h5,8-9,11H,2-4,6-7,13H2,1H3. The molecule has 1 saturated carbocycles. The lowest BCUT2D eigenvalue weighted by Gasteiger charge is -2.40. The van der Waals surface area contributed by atoms with E-state index >= 15 is 0 Å². The molecule has 1 fully saturated rings. The summed E-state index contributed by atoms with van der Waals surface area (Å²) in [5.74, 6) is 0. The molecule has 1 aromatic rings. The first kappa shape index (κ1) is 11.1. The molecule has 15 heavy (non-hydrogen) atoms. The summed E-state index contributed by atoms with van der Waals surface area (Å²) < 4.78 is 5.74. The fraction of sp³-hybridized carbons (Fsp3) is 0.667. The molecule has 0 radical (unpaired) electrons. The molecule has 0 spiro atoms. The second-order valence-corrected chi connectivity index (χ2v) is 5.14. The molecule has 1 aliphatic rings. The lowest BCUT2D eigenvalue weighted by Crippen LogP contribution is -2.44. The van der Waals surface area contributed by atoms with Crippen LogP contribution in [0.15, 0.2) is 16.8 Å². The van der Waals surface area contributed by atoms with Crippen molar-refractivity contribution in [1.82, 2.24) is 0 Å². The van der Waals surface area contributed by atoms with E-state index in [-0.39, 0.29) is 11.6 Å². The van der Waals surface area contributed by atoms with Crippen molar-refractivity contribution in [2.75, 3.05) is 7.11 Å². The molecule has 1 aromatic heterocycles. The molecule has 0 saturated heterocycles. The first-order chi connectivity index (χ1) is 7.28. The number of hydrogen-bond acceptors (Lipinski definition) is 3. The van der Waals surface area contributed by atoms with Gasteiger partial charge in [0.25, 0.3) is 0 Å². The molecule has 1 unspecified atom stereocenters. The quantitative estimate of drug-likeness (QED) is 0.858. The third-order valence-electron chi connectivity index (χ3n) is 3.58. The van der Waals surface area contributed by atoms with Crippen LogP contribution in [0.3, 0.4) is 0 Å². The summed E-state index contributed by atoms with van der Waals surface area (Å²) in [7, 11) is 1.80. The summed E-state index contributed by atoms with van der Waals surface area (Å²) in [6, 6.07) is 2.15. The van der Waals surface area contributed by atoms with Gasteiger partial charge in [-0.1, -0.05) is 19.3 Å². The summed E-state index contributed by atoms with van der Waals surface area (Å²) in [5, 5.41) is 4.22. The number of thiophene rings is 1. The third kappa shape index (κ3) is 2.10. The van der Waals surface area contributed by atoms with Crippen LogP contribution in [-0.2, 0) is 4.74 Å². The topological polar surface area (TPSA) is 35.2 Å². The van der Waals surface area contributed by atoms with Gasteiger partial charge in [-0.15, -0.1) is 0 Å². The van der Waals surface area contributed by atoms with Crippen LogP contribution in [-0.4, -0.2) is 12.7 Å². The second kappa shape index (κ2) is 4.64. The Hall–Kier alpha value is -0.380. The molecule has 84 valence electrons. The van der Waals surface area contributed by atoms with Gasteiger partial charge < -0.3 is 10.5 Å². The minimum absolute atomic E-state index is 0.0362. The van der Waals surface area contributed by atoms with Gasteiger partial charge in [0.2, 0.25) is 0 Å². The summed E-state index contributed by atoms with van der Waals surface area (Å²) >= 11 is 1.71. The van der Waals surface area contributed by atoms with Crippen LogP contribution in [0.4, 0.5) is 0 Å². The van der Waals surface area contributed by atoms with E-state index in [9.17, 15) is 0 Å². The van der Waals surface area contributed by atoms with Crippen molar-refractivity contribution in [3.63, 3.8) is 0 Å². The van der Waals surface area contributed by atoms with Gasteiger partial charge in [-0.05, 0) is 35.2 Å². The molecule has 2 nitrogen and oxygen atoms in total. The van der Waals surface area contributed by atoms with E-state index in [1.54, 1.807) is 18.4 Å². The highest BCUT2D eigenvalue weighted by Gasteiger charge is 2.38. The van der Waals surface area contributed by atoms with E-state index < -0.39 is 0 Å². The van der Waals surface area contributed by atoms with Gasteiger partial charge in [-0.25, -0.2) is 0 Å². The Morgan fingerprint density at radius 1 is 1.40 bits per heavy atom. The number of nitrogens with two attached hydrogens (primary N) is 1. The second-order valence-electron chi connectivity index (χ2n) is 4.36. The maximum Gasteiger partial charge on any atom is 0.0870 e. The molecule has 0 bridgehead atoms. The minimum atomic E-state index is -0.112. The van der Waals surface area contributed by atoms with E-state index in [1.165, 1.54) is 24.8 Å². The third-order valence-corrected chi connectivity index (χ3v) is 4.28. The smallest absolute Gasteiger partial charge is 0.0870 e. The first-order valence-electron chi connectivity index (χ1n) is 5.61. The van der Waals surface area contributed by atoms with E-state index in [4.69, 9.17) is 10.5 Å². The summed E-state index contributed by atoms with van der Waals surface area (Å²) in [4.78, 5) is 0. The van der Waals surface area contributed by atoms with Crippen molar-refractivity contribution in [3.8, 4) is 0 Å². The Labute approximate surface area is 95.4 Å². The van der Waals surface area contributed by atoms with Crippen LogP contribution in [0.2, 0.25) is 0 Å². The summed E-state index contributed by atoms with van der Waals surface area (Å²) in [5.41, 5.74) is 7.46. The van der Waals surface area contributed by atoms with Crippen LogP contribution in [0.25, 0.3) is 0 Å². The molecule has 0 aromatic carbocycles. The summed E-state index contributed by atoms with van der Waals surface area (Å²) in [6.07, 6.45) is 6.00. The van der Waals surface area contributed by atoms with Crippen LogP contribution < -0.4 is 5.73 Å². The zero-order chi connectivity index (χ0) is 10.7. The Morgan fingerprint density at radius 3 is 2.67 bits per heavy atom. The van der Waals surface area contributed by atoms with Crippen LogP contribution in [0.5, 0.6) is 0 Å². The van der Waals surface area contributed by atoms with Gasteiger partial charge in [0, 0.05) is 7.11 Å². The molecule has 0 amide bonds. The van der Waals surface area contributed by atoms with Gasteiger partial charge in [0.15, 0.2) is 0 Å². The van der Waals surface area contributed by atoms with Gasteiger partial charge in [0.1, 0.15) is 0 Å². The van der Waals surface area contributed by atoms with Crippen LogP contribution >= 0.6 is 11.3 Å². The Bertz CT molecular complexity index is 291. The van der Waals surface area contributed by atoms with Crippen molar-refractivity contribution in [3.05, 3.63) is 22.4 Å². The largest absolute Gasteiger partial charge is 0.376 e. The lowest BCUT2D eigenvalue weighted by molar-refractivity contribution is -0.0594. The molecule has 1 heterocycles. The van der Waals surface area contributed by atoms with Crippen LogP contribution in [0, 0.1) is 0 Å². The maximum absolute atomic E-state index is 6.34. The first-order valence-corrected chi connectivity index (χ1v) is 6.56. The van der Waals surface area contributed by atoms with Crippen molar-refractivity contribution < 1.29 is 4.74 Å². The molecule has 2 rings (SSSR count). The van der Waals surface area contributed by atoms with Crippen molar-refractivity contribution in [2.24, 2.45) is 5.73 Å². The molecule has 3 heteroatoms. The fourth-order valence-electron chi connectivity index (χ4n) is 2.55. The Balaban J connectivity index is 2.18. The Kier molecular flexibility index (Phi) is 3.44. The van der Waals surface area contributed by atoms with Gasteiger partial charge in [-0.2, -0.15) is 11.3 Å². The molecule has 2 N–H and O–H groups in total. The number of methoxy groups -OCH3 is 1. The van der Waals surface area contributed by atoms with Gasteiger partial charge >= 0.3 is 0 Å². The monoisotopic (exact) mass is 225 g/mol. The number of ether oxygens (including phenoxy) is 1. The summed E-state index contributed by atoms with van der Waals surface area (Å²) in [6.45, 7) is 0. The highest BCUT2D eigenvalue weighted by atomic mass is 32.1. The van der Waals surface area contributed by atoms with Crippen molar-refractivity contribution in [1.29, 1.82) is 0 Å². The van der Waals surface area contributed by atoms with Crippen molar-refractivity contribution in [2.45, 2.75) is 43.7 Å². The SMILES string of the molecule is COC1(C(N)c2ccsc2)CCCCC1. The predicted octanol–water partition coefficient (Wildman–Crippen LogP) is 3.10. The van der Waals surface area contributed by atoms with Crippen molar-refractivity contribution >= 4 is 11.3 Å².